The molecular weight excluding hydrogens is 266 g/mol. The third-order valence-corrected chi connectivity index (χ3v) is 4.78. The molecule has 0 radical (unpaired) electrons. The van der Waals surface area contributed by atoms with Crippen molar-refractivity contribution in [3.63, 3.8) is 0 Å². The van der Waals surface area contributed by atoms with E-state index in [2.05, 4.69) is 51.7 Å². The number of rotatable bonds is 3. The molecule has 1 aliphatic carbocycles. The number of alkyl halides is 1. The van der Waals surface area contributed by atoms with Crippen LogP contribution in [-0.2, 0) is 12.8 Å². The highest BCUT2D eigenvalue weighted by Gasteiger charge is 2.27. The summed E-state index contributed by atoms with van der Waals surface area (Å²) in [5.41, 5.74) is 2.66. The van der Waals surface area contributed by atoms with E-state index in [1.54, 1.807) is 6.33 Å². The number of hydrogen-bond acceptors (Lipinski definition) is 3. The fourth-order valence-corrected chi connectivity index (χ4v) is 2.38. The molecule has 0 saturated heterocycles. The van der Waals surface area contributed by atoms with Crippen LogP contribution in [-0.4, -0.2) is 27.9 Å². The van der Waals surface area contributed by atoms with Gasteiger partial charge in [0.15, 0.2) is 0 Å². The molecule has 0 aromatic carbocycles. The highest BCUT2D eigenvalue weighted by atomic mass is 79.9. The summed E-state index contributed by atoms with van der Waals surface area (Å²) in [6.45, 7) is 4.43. The third kappa shape index (κ3) is 1.95. The van der Waals surface area contributed by atoms with Crippen LogP contribution in [0, 0.1) is 0 Å². The van der Waals surface area contributed by atoms with Crippen molar-refractivity contribution in [2.45, 2.75) is 38.6 Å². The molecular formula is C12H18BrN3. The van der Waals surface area contributed by atoms with Crippen molar-refractivity contribution in [1.82, 2.24) is 9.97 Å². The largest absolute Gasteiger partial charge is 0.353 e. The Bertz CT molecular complexity index is 390. The molecule has 0 bridgehead atoms. The van der Waals surface area contributed by atoms with E-state index in [4.69, 9.17) is 0 Å². The van der Waals surface area contributed by atoms with E-state index in [1.165, 1.54) is 17.7 Å². The van der Waals surface area contributed by atoms with E-state index in [-0.39, 0.29) is 5.54 Å². The quantitative estimate of drug-likeness (QED) is 0.799. The first kappa shape index (κ1) is 11.8. The Balaban J connectivity index is 2.38. The molecule has 1 heterocycles. The summed E-state index contributed by atoms with van der Waals surface area (Å²) in [6.07, 6.45) is 5.13. The predicted molar refractivity (Wildman–Crippen MR) is 70.3 cm³/mol. The number of anilines is 1. The lowest BCUT2D eigenvalue weighted by Crippen LogP contribution is -2.43. The summed E-state index contributed by atoms with van der Waals surface area (Å²) in [4.78, 5) is 11.1. The minimum Gasteiger partial charge on any atom is -0.353 e. The smallest absolute Gasteiger partial charge is 0.135 e. The average molecular weight is 284 g/mol. The SMILES string of the molecule is CN(c1ncnc2c1CCC2)C(C)(C)CBr. The second-order valence-electron chi connectivity index (χ2n) is 4.98. The molecule has 0 fully saturated rings. The van der Waals surface area contributed by atoms with Gasteiger partial charge >= 0.3 is 0 Å². The second kappa shape index (κ2) is 4.32. The Kier molecular flexibility index (Phi) is 3.19. The van der Waals surface area contributed by atoms with Crippen molar-refractivity contribution in [3.8, 4) is 0 Å². The molecule has 2 rings (SSSR count). The molecule has 3 nitrogen and oxygen atoms in total. The Morgan fingerprint density at radius 1 is 1.38 bits per heavy atom. The number of aromatic nitrogens is 2. The van der Waals surface area contributed by atoms with Gasteiger partial charge in [0.1, 0.15) is 12.1 Å². The van der Waals surface area contributed by atoms with Gasteiger partial charge in [-0.3, -0.25) is 0 Å². The van der Waals surface area contributed by atoms with E-state index >= 15 is 0 Å². The normalized spacial score (nSPS) is 15.0. The van der Waals surface area contributed by atoms with Gasteiger partial charge in [0.25, 0.3) is 0 Å². The van der Waals surface area contributed by atoms with Crippen LogP contribution < -0.4 is 4.90 Å². The minimum absolute atomic E-state index is 0.0741. The molecule has 4 heteroatoms. The van der Waals surface area contributed by atoms with E-state index in [0.717, 1.165) is 24.0 Å². The van der Waals surface area contributed by atoms with Gasteiger partial charge < -0.3 is 4.90 Å². The van der Waals surface area contributed by atoms with Crippen LogP contribution in [0.4, 0.5) is 5.82 Å². The van der Waals surface area contributed by atoms with E-state index in [9.17, 15) is 0 Å². The number of hydrogen-bond donors (Lipinski definition) is 0. The maximum Gasteiger partial charge on any atom is 0.135 e. The molecule has 88 valence electrons. The van der Waals surface area contributed by atoms with Gasteiger partial charge in [-0.2, -0.15) is 0 Å². The summed E-state index contributed by atoms with van der Waals surface area (Å²) >= 11 is 3.56. The molecule has 1 aromatic heterocycles. The number of halogens is 1. The van der Waals surface area contributed by atoms with Crippen LogP contribution in [0.3, 0.4) is 0 Å². The summed E-state index contributed by atoms with van der Waals surface area (Å²) < 4.78 is 0. The minimum atomic E-state index is 0.0741. The first-order valence-corrected chi connectivity index (χ1v) is 6.81. The van der Waals surface area contributed by atoms with Gasteiger partial charge in [-0.05, 0) is 33.1 Å². The van der Waals surface area contributed by atoms with Crippen LogP contribution in [0.5, 0.6) is 0 Å². The maximum absolute atomic E-state index is 4.46. The van der Waals surface area contributed by atoms with Gasteiger partial charge in [-0.1, -0.05) is 15.9 Å². The first-order chi connectivity index (χ1) is 7.56. The topological polar surface area (TPSA) is 29.0 Å². The highest BCUT2D eigenvalue weighted by molar-refractivity contribution is 9.09. The number of nitrogens with zero attached hydrogens (tertiary/aromatic N) is 3. The average Bonchev–Trinajstić information content (AvgIpc) is 2.75. The monoisotopic (exact) mass is 283 g/mol. The molecule has 0 atom stereocenters. The fraction of sp³-hybridized carbons (Fsp3) is 0.667. The second-order valence-corrected chi connectivity index (χ2v) is 5.54. The van der Waals surface area contributed by atoms with E-state index < -0.39 is 0 Å². The lowest BCUT2D eigenvalue weighted by molar-refractivity contribution is 0.544. The Morgan fingerprint density at radius 3 is 2.81 bits per heavy atom. The molecule has 0 unspecified atom stereocenters. The lowest BCUT2D eigenvalue weighted by atomic mass is 10.1. The zero-order chi connectivity index (χ0) is 11.8. The third-order valence-electron chi connectivity index (χ3n) is 3.40. The molecule has 1 aromatic rings. The lowest BCUT2D eigenvalue weighted by Gasteiger charge is -2.36. The van der Waals surface area contributed by atoms with Gasteiger partial charge in [-0.25, -0.2) is 9.97 Å². The summed E-state index contributed by atoms with van der Waals surface area (Å²) in [6, 6.07) is 0. The fourth-order valence-electron chi connectivity index (χ4n) is 2.01. The van der Waals surface area contributed by atoms with Gasteiger partial charge in [0.2, 0.25) is 0 Å². The van der Waals surface area contributed by atoms with Crippen molar-refractivity contribution in [3.05, 3.63) is 17.6 Å². The van der Waals surface area contributed by atoms with E-state index in [1.807, 2.05) is 0 Å². The van der Waals surface area contributed by atoms with Crippen LogP contribution >= 0.6 is 15.9 Å². The highest BCUT2D eigenvalue weighted by Crippen LogP contribution is 2.31. The number of fused-ring (bicyclic) bond motifs is 1. The summed E-state index contributed by atoms with van der Waals surface area (Å²) in [5.74, 6) is 1.10. The maximum atomic E-state index is 4.46. The Labute approximate surface area is 105 Å². The van der Waals surface area contributed by atoms with Crippen LogP contribution in [0.2, 0.25) is 0 Å². The molecule has 0 N–H and O–H groups in total. The number of aryl methyl sites for hydroxylation is 1. The molecule has 0 saturated carbocycles. The standard InChI is InChI=1S/C12H18BrN3/c1-12(2,7-13)16(3)11-9-5-4-6-10(9)14-8-15-11/h8H,4-7H2,1-3H3. The van der Waals surface area contributed by atoms with Crippen molar-refractivity contribution >= 4 is 21.7 Å². The van der Waals surface area contributed by atoms with Crippen molar-refractivity contribution < 1.29 is 0 Å². The summed E-state index contributed by atoms with van der Waals surface area (Å²) in [7, 11) is 2.11. The van der Waals surface area contributed by atoms with Crippen molar-refractivity contribution in [1.29, 1.82) is 0 Å². The zero-order valence-electron chi connectivity index (χ0n) is 10.1. The van der Waals surface area contributed by atoms with Crippen LogP contribution in [0.1, 0.15) is 31.5 Å². The molecule has 0 aliphatic heterocycles. The first-order valence-electron chi connectivity index (χ1n) is 5.69. The van der Waals surface area contributed by atoms with Crippen LogP contribution in [0.25, 0.3) is 0 Å². The molecule has 0 spiro atoms. The zero-order valence-corrected chi connectivity index (χ0v) is 11.7. The van der Waals surface area contributed by atoms with Crippen molar-refractivity contribution in [2.75, 3.05) is 17.3 Å². The molecule has 16 heavy (non-hydrogen) atoms. The predicted octanol–water partition coefficient (Wildman–Crippen LogP) is 2.58. The van der Waals surface area contributed by atoms with E-state index in [0.29, 0.717) is 0 Å². The Morgan fingerprint density at radius 2 is 2.12 bits per heavy atom. The molecule has 1 aliphatic rings. The van der Waals surface area contributed by atoms with Gasteiger partial charge in [0.05, 0.1) is 0 Å². The van der Waals surface area contributed by atoms with Gasteiger partial charge in [0, 0.05) is 29.2 Å². The van der Waals surface area contributed by atoms with Crippen LogP contribution in [0.15, 0.2) is 6.33 Å². The van der Waals surface area contributed by atoms with Gasteiger partial charge in [-0.15, -0.1) is 0 Å². The molecule has 0 amide bonds. The Hall–Kier alpha value is -0.640. The summed E-state index contributed by atoms with van der Waals surface area (Å²) in [5, 5.41) is 0.926. The van der Waals surface area contributed by atoms with Crippen molar-refractivity contribution in [2.24, 2.45) is 0 Å².